The molecule has 14 nitrogen and oxygen atoms in total. The highest BCUT2D eigenvalue weighted by molar-refractivity contribution is 5.96. The van der Waals surface area contributed by atoms with Crippen LogP contribution in [0.15, 0.2) is 55.1 Å². The van der Waals surface area contributed by atoms with E-state index in [-0.39, 0.29) is 23.1 Å². The maximum Gasteiger partial charge on any atom is 0.258 e. The normalized spacial score (nSPS) is 19.7. The Kier molecular flexibility index (Phi) is 11.6. The van der Waals surface area contributed by atoms with E-state index >= 15 is 8.78 Å². The molecule has 2 aliphatic heterocycles. The summed E-state index contributed by atoms with van der Waals surface area (Å²) in [5, 5.41) is 26.1. The minimum atomic E-state index is -1.15. The maximum absolute atomic E-state index is 15.4. The van der Waals surface area contributed by atoms with Crippen molar-refractivity contribution in [3.05, 3.63) is 77.9 Å². The SMILES string of the molecule is CCc1cc(Nc2nccn3c(-c4ccc(Oc5cnn(C)n5)c(F)c4F)cnc23)ccc1C(=O)NCC1CC[N+](C)(CC2CCNC2)CC1.O=C[O-]. The molecule has 1 amide bonds. The fraction of sp³-hybridized carbons (Fsp3) is 0.405. The first-order chi connectivity index (χ1) is 25.6. The van der Waals surface area contributed by atoms with Gasteiger partial charge in [0.25, 0.3) is 11.8 Å². The Morgan fingerprint density at radius 1 is 1.11 bits per heavy atom. The minimum absolute atomic E-state index is 0.00483. The van der Waals surface area contributed by atoms with Crippen LogP contribution < -0.4 is 25.8 Å². The molecule has 280 valence electrons. The molecule has 5 aromatic rings. The molecule has 2 fully saturated rings. The molecule has 2 saturated heterocycles. The second kappa shape index (κ2) is 16.5. The van der Waals surface area contributed by atoms with Gasteiger partial charge in [0.1, 0.15) is 6.20 Å². The molecule has 0 spiro atoms. The van der Waals surface area contributed by atoms with Crippen LogP contribution in [0.1, 0.15) is 42.1 Å². The summed E-state index contributed by atoms with van der Waals surface area (Å²) in [4.78, 5) is 31.8. The third-order valence-electron chi connectivity index (χ3n) is 10.1. The highest BCUT2D eigenvalue weighted by Gasteiger charge is 2.33. The topological polar surface area (TPSA) is 163 Å². The molecule has 0 saturated carbocycles. The quantitative estimate of drug-likeness (QED) is 0.136. The predicted molar refractivity (Wildman–Crippen MR) is 191 cm³/mol. The molecule has 0 bridgehead atoms. The summed E-state index contributed by atoms with van der Waals surface area (Å²) in [6.07, 6.45) is 10.2. The van der Waals surface area contributed by atoms with Crippen molar-refractivity contribution in [1.82, 2.24) is 40.0 Å². The van der Waals surface area contributed by atoms with Gasteiger partial charge in [0, 0.05) is 74.6 Å². The van der Waals surface area contributed by atoms with Gasteiger partial charge in [-0.1, -0.05) is 6.92 Å². The molecule has 3 N–H and O–H groups in total. The molecule has 1 unspecified atom stereocenters. The lowest BCUT2D eigenvalue weighted by Crippen LogP contribution is -2.53. The van der Waals surface area contributed by atoms with Crippen LogP contribution in [0, 0.1) is 23.5 Å². The van der Waals surface area contributed by atoms with Gasteiger partial charge in [-0.15, -0.1) is 5.10 Å². The Morgan fingerprint density at radius 2 is 1.91 bits per heavy atom. The zero-order valence-electron chi connectivity index (χ0n) is 30.0. The summed E-state index contributed by atoms with van der Waals surface area (Å²) in [6, 6.07) is 8.39. The van der Waals surface area contributed by atoms with Crippen LogP contribution in [-0.2, 0) is 18.3 Å². The van der Waals surface area contributed by atoms with E-state index in [0.717, 1.165) is 60.7 Å². The number of carbonyl (C=O) groups excluding carboxylic acids is 2. The van der Waals surface area contributed by atoms with Crippen LogP contribution in [0.2, 0.25) is 0 Å². The number of ether oxygens (including phenoxy) is 1. The van der Waals surface area contributed by atoms with Gasteiger partial charge in [0.15, 0.2) is 23.0 Å². The monoisotopic (exact) mass is 730 g/mol. The zero-order valence-corrected chi connectivity index (χ0v) is 30.0. The lowest BCUT2D eigenvalue weighted by molar-refractivity contribution is -0.918. The Balaban J connectivity index is 0.00000155. The number of carboxylic acid groups (broad SMARTS) is 1. The van der Waals surface area contributed by atoms with Gasteiger partial charge in [-0.2, -0.15) is 14.3 Å². The highest BCUT2D eigenvalue weighted by atomic mass is 19.2. The molecular formula is C37H44F2N10O4. The average molecular weight is 731 g/mol. The van der Waals surface area contributed by atoms with Crippen molar-refractivity contribution in [2.75, 3.05) is 51.6 Å². The fourth-order valence-electron chi connectivity index (χ4n) is 7.28. The number of likely N-dealkylation sites (tertiary alicyclic amines) is 1. The van der Waals surface area contributed by atoms with Crippen molar-refractivity contribution in [3.63, 3.8) is 0 Å². The number of hydrogen-bond acceptors (Lipinski definition) is 10. The molecule has 5 heterocycles. The van der Waals surface area contributed by atoms with E-state index in [1.807, 2.05) is 25.1 Å². The number of nitrogens with zero attached hydrogens (tertiary/aromatic N) is 7. The second-order valence-corrected chi connectivity index (χ2v) is 13.8. The summed E-state index contributed by atoms with van der Waals surface area (Å²) in [7, 11) is 3.98. The van der Waals surface area contributed by atoms with Crippen molar-refractivity contribution >= 4 is 29.5 Å². The maximum atomic E-state index is 15.4. The number of rotatable bonds is 11. The molecule has 3 aromatic heterocycles. The Bertz CT molecular complexity index is 2050. The van der Waals surface area contributed by atoms with Gasteiger partial charge in [0.2, 0.25) is 5.82 Å². The van der Waals surface area contributed by atoms with E-state index in [2.05, 4.69) is 43.2 Å². The first kappa shape index (κ1) is 37.3. The first-order valence-electron chi connectivity index (χ1n) is 17.7. The van der Waals surface area contributed by atoms with Gasteiger partial charge in [-0.3, -0.25) is 9.20 Å². The van der Waals surface area contributed by atoms with Gasteiger partial charge >= 0.3 is 0 Å². The van der Waals surface area contributed by atoms with E-state index < -0.39 is 18.1 Å². The summed E-state index contributed by atoms with van der Waals surface area (Å²) < 4.78 is 38.6. The van der Waals surface area contributed by atoms with Crippen LogP contribution in [0.25, 0.3) is 16.9 Å². The Labute approximate surface area is 305 Å². The number of imidazole rings is 1. The third-order valence-corrected chi connectivity index (χ3v) is 10.1. The number of benzene rings is 2. The third kappa shape index (κ3) is 8.60. The highest BCUT2D eigenvalue weighted by Crippen LogP contribution is 2.33. The molecular weight excluding hydrogens is 686 g/mol. The number of halogens is 2. The molecule has 2 aliphatic rings. The van der Waals surface area contributed by atoms with Crippen molar-refractivity contribution in [1.29, 1.82) is 0 Å². The second-order valence-electron chi connectivity index (χ2n) is 13.8. The van der Waals surface area contributed by atoms with Crippen molar-refractivity contribution in [2.45, 2.75) is 32.6 Å². The van der Waals surface area contributed by atoms with Gasteiger partial charge in [-0.05, 0) is 61.2 Å². The molecule has 1 atom stereocenters. The van der Waals surface area contributed by atoms with Gasteiger partial charge in [0.05, 0.1) is 38.6 Å². The summed E-state index contributed by atoms with van der Waals surface area (Å²) in [5.41, 5.74) is 3.05. The smallest absolute Gasteiger partial charge is 0.258 e. The number of hydrogen-bond donors (Lipinski definition) is 3. The van der Waals surface area contributed by atoms with E-state index in [1.165, 1.54) is 42.3 Å². The minimum Gasteiger partial charge on any atom is -0.554 e. The first-order valence-corrected chi connectivity index (χ1v) is 17.7. The summed E-state index contributed by atoms with van der Waals surface area (Å²) in [5.74, 6) is -0.869. The van der Waals surface area contributed by atoms with Crippen molar-refractivity contribution < 1.29 is 32.7 Å². The Hall–Kier alpha value is -5.48. The number of aryl methyl sites for hydroxylation is 2. The van der Waals surface area contributed by atoms with Gasteiger partial charge < -0.3 is 35.1 Å². The number of aromatic nitrogens is 6. The number of amides is 1. The largest absolute Gasteiger partial charge is 0.554 e. The van der Waals surface area contributed by atoms with E-state index in [1.54, 1.807) is 23.8 Å². The molecule has 2 aromatic carbocycles. The number of piperidine rings is 1. The average Bonchev–Trinajstić information content (AvgIpc) is 3.92. The summed E-state index contributed by atoms with van der Waals surface area (Å²) in [6.45, 7) is 8.05. The Morgan fingerprint density at radius 3 is 2.60 bits per heavy atom. The lowest BCUT2D eigenvalue weighted by Gasteiger charge is -2.42. The molecule has 7 rings (SSSR count). The number of nitrogens with one attached hydrogen (secondary N) is 3. The number of anilines is 2. The fourth-order valence-corrected chi connectivity index (χ4v) is 7.28. The predicted octanol–water partition coefficient (Wildman–Crippen LogP) is 3.46. The molecule has 0 radical (unpaired) electrons. The van der Waals surface area contributed by atoms with E-state index in [4.69, 9.17) is 14.6 Å². The van der Waals surface area contributed by atoms with Crippen LogP contribution in [0.5, 0.6) is 11.6 Å². The summed E-state index contributed by atoms with van der Waals surface area (Å²) >= 11 is 0. The van der Waals surface area contributed by atoms with Crippen LogP contribution in [0.3, 0.4) is 0 Å². The van der Waals surface area contributed by atoms with Crippen molar-refractivity contribution in [3.8, 4) is 22.9 Å². The number of fused-ring (bicyclic) bond motifs is 1. The van der Waals surface area contributed by atoms with Crippen molar-refractivity contribution in [2.24, 2.45) is 18.9 Å². The van der Waals surface area contributed by atoms with Crippen LogP contribution in [-0.4, -0.2) is 92.5 Å². The van der Waals surface area contributed by atoms with Gasteiger partial charge in [-0.25, -0.2) is 14.4 Å². The van der Waals surface area contributed by atoms with Crippen LogP contribution >= 0.6 is 0 Å². The standard InChI is InChI=1S/C36H42F2N10O2.CH2O2/c1-4-25-17-26(5-6-27(25)36(49)42-19-23-10-15-48(3,16-11-23)22-24-9-12-39-18-24)44-34-35-41-20-29(47(35)14-13-40-34)28-7-8-30(33(38)32(28)37)50-31-21-43-46(2)45-31;2-1-3/h5-8,13-14,17,20-21,23-24,39H,4,9-12,15-16,18-19,22H2,1-3H3,(H-,40,42,44,49);1H,(H,2,3). The number of quaternary nitrogens is 1. The van der Waals surface area contributed by atoms with E-state index in [0.29, 0.717) is 41.6 Å². The van der Waals surface area contributed by atoms with Crippen LogP contribution in [0.4, 0.5) is 20.3 Å². The zero-order chi connectivity index (χ0) is 37.5. The molecule has 0 aliphatic carbocycles. The molecule has 16 heteroatoms. The van der Waals surface area contributed by atoms with E-state index in [9.17, 15) is 4.79 Å². The lowest BCUT2D eigenvalue weighted by atomic mass is 9.93. The number of carbonyl (C=O) groups is 2. The molecule has 53 heavy (non-hydrogen) atoms.